The SMILES string of the molecule is CC1(O)CC1F. The minimum absolute atomic E-state index is 0.326. The van der Waals surface area contributed by atoms with Gasteiger partial charge in [0.1, 0.15) is 6.17 Å². The highest BCUT2D eigenvalue weighted by atomic mass is 19.1. The summed E-state index contributed by atoms with van der Waals surface area (Å²) in [5.41, 5.74) is -0.958. The van der Waals surface area contributed by atoms with Crippen LogP contribution in [0.4, 0.5) is 4.39 Å². The van der Waals surface area contributed by atoms with Gasteiger partial charge in [-0.1, -0.05) is 0 Å². The van der Waals surface area contributed by atoms with Crippen LogP contribution in [0.2, 0.25) is 0 Å². The Bertz CT molecular complexity index is 69.9. The van der Waals surface area contributed by atoms with Crippen LogP contribution in [-0.2, 0) is 0 Å². The predicted octanol–water partition coefficient (Wildman–Crippen LogP) is 0.479. The Kier molecular flexibility index (Phi) is 0.512. The molecule has 0 aromatic heterocycles. The van der Waals surface area contributed by atoms with Crippen LogP contribution in [0.25, 0.3) is 0 Å². The van der Waals surface area contributed by atoms with Crippen molar-refractivity contribution in [1.29, 1.82) is 0 Å². The molecule has 1 saturated carbocycles. The van der Waals surface area contributed by atoms with Crippen molar-refractivity contribution < 1.29 is 9.50 Å². The first-order chi connectivity index (χ1) is 2.63. The van der Waals surface area contributed by atoms with E-state index in [1.54, 1.807) is 0 Å². The summed E-state index contributed by atoms with van der Waals surface area (Å²) in [5, 5.41) is 8.53. The topological polar surface area (TPSA) is 20.2 Å². The predicted molar refractivity (Wildman–Crippen MR) is 20.1 cm³/mol. The van der Waals surface area contributed by atoms with Gasteiger partial charge in [-0.15, -0.1) is 0 Å². The molecule has 1 aliphatic rings. The highest BCUT2D eigenvalue weighted by molar-refractivity contribution is 5.00. The second-order valence-corrected chi connectivity index (χ2v) is 2.03. The molecule has 0 amide bonds. The molecule has 0 aliphatic heterocycles. The molecule has 0 heterocycles. The van der Waals surface area contributed by atoms with Crippen LogP contribution in [0.3, 0.4) is 0 Å². The van der Waals surface area contributed by atoms with Gasteiger partial charge in [-0.2, -0.15) is 0 Å². The zero-order chi connectivity index (χ0) is 4.78. The number of halogens is 1. The molecule has 2 heteroatoms. The first-order valence-corrected chi connectivity index (χ1v) is 1.99. The molecule has 36 valence electrons. The number of hydrogen-bond acceptors (Lipinski definition) is 1. The Morgan fingerprint density at radius 1 is 2.00 bits per heavy atom. The molecule has 0 saturated heterocycles. The summed E-state index contributed by atoms with van der Waals surface area (Å²) in [6, 6.07) is 0. The molecule has 2 unspecified atom stereocenters. The van der Waals surface area contributed by atoms with Crippen LogP contribution in [-0.4, -0.2) is 16.9 Å². The summed E-state index contributed by atoms with van der Waals surface area (Å²) in [6.45, 7) is 1.50. The van der Waals surface area contributed by atoms with Gasteiger partial charge >= 0.3 is 0 Å². The number of alkyl halides is 1. The molecule has 1 rings (SSSR count). The lowest BCUT2D eigenvalue weighted by Gasteiger charge is -1.89. The Labute approximate surface area is 35.8 Å². The normalized spacial score (nSPS) is 55.5. The molecular weight excluding hydrogens is 83.0 g/mol. The van der Waals surface area contributed by atoms with Gasteiger partial charge in [0, 0.05) is 6.42 Å². The zero-order valence-electron chi connectivity index (χ0n) is 3.61. The third-order valence-corrected chi connectivity index (χ3v) is 1.11. The molecule has 0 bridgehead atoms. The zero-order valence-corrected chi connectivity index (χ0v) is 3.61. The Morgan fingerprint density at radius 2 is 2.17 bits per heavy atom. The van der Waals surface area contributed by atoms with Gasteiger partial charge in [0.05, 0.1) is 5.60 Å². The van der Waals surface area contributed by atoms with Gasteiger partial charge in [0.2, 0.25) is 0 Å². The molecule has 1 aliphatic carbocycles. The van der Waals surface area contributed by atoms with Gasteiger partial charge in [0.15, 0.2) is 0 Å². The minimum Gasteiger partial charge on any atom is -0.387 e. The van der Waals surface area contributed by atoms with E-state index in [0.717, 1.165) is 0 Å². The fraction of sp³-hybridized carbons (Fsp3) is 1.00. The molecule has 2 atom stereocenters. The van der Waals surface area contributed by atoms with Crippen molar-refractivity contribution in [3.8, 4) is 0 Å². The van der Waals surface area contributed by atoms with Gasteiger partial charge in [0.25, 0.3) is 0 Å². The van der Waals surface area contributed by atoms with E-state index in [0.29, 0.717) is 6.42 Å². The third kappa shape index (κ3) is 0.411. The van der Waals surface area contributed by atoms with Gasteiger partial charge in [-0.3, -0.25) is 0 Å². The number of rotatable bonds is 0. The molecule has 0 aromatic rings. The maximum atomic E-state index is 11.6. The van der Waals surface area contributed by atoms with Crippen molar-refractivity contribution in [3.63, 3.8) is 0 Å². The Balaban J connectivity index is 2.41. The van der Waals surface area contributed by atoms with Crippen molar-refractivity contribution in [2.24, 2.45) is 0 Å². The minimum atomic E-state index is -0.958. The van der Waals surface area contributed by atoms with E-state index < -0.39 is 11.8 Å². The van der Waals surface area contributed by atoms with E-state index in [1.807, 2.05) is 0 Å². The Morgan fingerprint density at radius 3 is 2.17 bits per heavy atom. The van der Waals surface area contributed by atoms with Crippen LogP contribution < -0.4 is 0 Å². The third-order valence-electron chi connectivity index (χ3n) is 1.11. The van der Waals surface area contributed by atoms with Crippen molar-refractivity contribution in [2.45, 2.75) is 25.1 Å². The lowest BCUT2D eigenvalue weighted by Crippen LogP contribution is -2.02. The molecule has 0 aromatic carbocycles. The largest absolute Gasteiger partial charge is 0.387 e. The van der Waals surface area contributed by atoms with Crippen LogP contribution in [0.5, 0.6) is 0 Å². The molecule has 1 fully saturated rings. The van der Waals surface area contributed by atoms with Crippen LogP contribution in [0.15, 0.2) is 0 Å². The summed E-state index contributed by atoms with van der Waals surface area (Å²) >= 11 is 0. The first-order valence-electron chi connectivity index (χ1n) is 1.99. The fourth-order valence-electron chi connectivity index (χ4n) is 0.304. The molecule has 0 radical (unpaired) electrons. The quantitative estimate of drug-likeness (QED) is 0.458. The van der Waals surface area contributed by atoms with E-state index in [-0.39, 0.29) is 0 Å². The fourth-order valence-corrected chi connectivity index (χ4v) is 0.304. The van der Waals surface area contributed by atoms with Crippen LogP contribution in [0.1, 0.15) is 13.3 Å². The van der Waals surface area contributed by atoms with E-state index in [1.165, 1.54) is 6.92 Å². The summed E-state index contributed by atoms with van der Waals surface area (Å²) in [6.07, 6.45) is -0.620. The first kappa shape index (κ1) is 4.06. The van der Waals surface area contributed by atoms with Crippen molar-refractivity contribution in [2.75, 3.05) is 0 Å². The van der Waals surface area contributed by atoms with Gasteiger partial charge < -0.3 is 5.11 Å². The number of hydrogen-bond donors (Lipinski definition) is 1. The average molecular weight is 90.1 g/mol. The van der Waals surface area contributed by atoms with E-state index in [9.17, 15) is 4.39 Å². The molecule has 1 N–H and O–H groups in total. The van der Waals surface area contributed by atoms with Crippen molar-refractivity contribution >= 4 is 0 Å². The maximum Gasteiger partial charge on any atom is 0.131 e. The maximum absolute atomic E-state index is 11.6. The summed E-state index contributed by atoms with van der Waals surface area (Å²) < 4.78 is 11.6. The monoisotopic (exact) mass is 90.0 g/mol. The highest BCUT2D eigenvalue weighted by Crippen LogP contribution is 2.37. The highest BCUT2D eigenvalue weighted by Gasteiger charge is 2.49. The molecule has 1 nitrogen and oxygen atoms in total. The Hall–Kier alpha value is -0.110. The number of aliphatic hydroxyl groups is 1. The second kappa shape index (κ2) is 0.757. The van der Waals surface area contributed by atoms with Crippen molar-refractivity contribution in [3.05, 3.63) is 0 Å². The smallest absolute Gasteiger partial charge is 0.131 e. The van der Waals surface area contributed by atoms with Crippen molar-refractivity contribution in [1.82, 2.24) is 0 Å². The van der Waals surface area contributed by atoms with E-state index in [4.69, 9.17) is 5.11 Å². The summed E-state index contributed by atoms with van der Waals surface area (Å²) in [5.74, 6) is 0. The molecule has 0 spiro atoms. The summed E-state index contributed by atoms with van der Waals surface area (Å²) in [4.78, 5) is 0. The van der Waals surface area contributed by atoms with Gasteiger partial charge in [-0.25, -0.2) is 4.39 Å². The molecule has 6 heavy (non-hydrogen) atoms. The van der Waals surface area contributed by atoms with Crippen LogP contribution >= 0.6 is 0 Å². The summed E-state index contributed by atoms with van der Waals surface area (Å²) in [7, 11) is 0. The van der Waals surface area contributed by atoms with Gasteiger partial charge in [-0.05, 0) is 6.92 Å². The standard InChI is InChI=1S/C4H7FO/c1-4(6)2-3(4)5/h3,6H,2H2,1H3. The molecular formula is C4H7FO. The average Bonchev–Trinajstić information content (AvgIpc) is 1.73. The van der Waals surface area contributed by atoms with E-state index in [2.05, 4.69) is 0 Å². The lowest BCUT2D eigenvalue weighted by atomic mass is 10.4. The lowest BCUT2D eigenvalue weighted by molar-refractivity contribution is 0.138. The van der Waals surface area contributed by atoms with E-state index >= 15 is 0 Å². The second-order valence-electron chi connectivity index (χ2n) is 2.03. The van der Waals surface area contributed by atoms with Crippen LogP contribution in [0, 0.1) is 0 Å².